The van der Waals surface area contributed by atoms with Gasteiger partial charge in [-0.2, -0.15) is 9.40 Å². The molecule has 1 aromatic heterocycles. The molecular weight excluding hydrogens is 292 g/mol. The van der Waals surface area contributed by atoms with Crippen LogP contribution in [0, 0.1) is 6.92 Å². The van der Waals surface area contributed by atoms with Crippen molar-refractivity contribution in [3.8, 4) is 0 Å². The van der Waals surface area contributed by atoms with E-state index in [1.807, 2.05) is 25.9 Å². The quantitative estimate of drug-likeness (QED) is 0.820. The first kappa shape index (κ1) is 16.4. The minimum absolute atomic E-state index is 0.129. The van der Waals surface area contributed by atoms with Gasteiger partial charge in [-0.25, -0.2) is 8.42 Å². The fourth-order valence-corrected chi connectivity index (χ4v) is 4.56. The summed E-state index contributed by atoms with van der Waals surface area (Å²) < 4.78 is 28.4. The molecule has 1 saturated heterocycles. The van der Waals surface area contributed by atoms with Gasteiger partial charge >= 0.3 is 0 Å². The Kier molecular flexibility index (Phi) is 4.44. The van der Waals surface area contributed by atoms with Gasteiger partial charge in [0.15, 0.2) is 0 Å². The molecule has 1 aliphatic heterocycles. The summed E-state index contributed by atoms with van der Waals surface area (Å²) >= 11 is 0. The van der Waals surface area contributed by atoms with Gasteiger partial charge < -0.3 is 10.0 Å². The molecule has 0 radical (unpaired) electrons. The minimum Gasteiger partial charge on any atom is -0.387 e. The molecule has 0 aliphatic carbocycles. The largest absolute Gasteiger partial charge is 0.387 e. The monoisotopic (exact) mass is 316 g/mol. The molecule has 120 valence electrons. The van der Waals surface area contributed by atoms with Crippen LogP contribution in [-0.4, -0.2) is 71.8 Å². The standard InChI is InChI=1S/C13H24N4O3S/c1-5-17-11(2)12(8-14-17)21(19,20)16-7-6-13(18,10-16)9-15(3)4/h8,18H,5-7,9-10H2,1-4H3/t13-/m1/s1. The normalized spacial score (nSPS) is 24.1. The van der Waals surface area contributed by atoms with Crippen LogP contribution in [0.2, 0.25) is 0 Å². The van der Waals surface area contributed by atoms with Crippen molar-refractivity contribution in [1.29, 1.82) is 0 Å². The number of sulfonamides is 1. The number of hydrogen-bond acceptors (Lipinski definition) is 5. The van der Waals surface area contributed by atoms with Crippen LogP contribution < -0.4 is 0 Å². The smallest absolute Gasteiger partial charge is 0.246 e. The molecule has 2 heterocycles. The second-order valence-electron chi connectivity index (χ2n) is 5.96. The summed E-state index contributed by atoms with van der Waals surface area (Å²) in [5.74, 6) is 0. The van der Waals surface area contributed by atoms with Crippen molar-refractivity contribution >= 4 is 10.0 Å². The van der Waals surface area contributed by atoms with Crippen LogP contribution in [0.3, 0.4) is 0 Å². The van der Waals surface area contributed by atoms with Gasteiger partial charge in [0.1, 0.15) is 4.90 Å². The van der Waals surface area contributed by atoms with E-state index in [-0.39, 0.29) is 11.4 Å². The molecule has 7 nitrogen and oxygen atoms in total. The van der Waals surface area contributed by atoms with E-state index in [0.29, 0.717) is 31.7 Å². The summed E-state index contributed by atoms with van der Waals surface area (Å²) in [6, 6.07) is 0. The maximum absolute atomic E-state index is 12.7. The summed E-state index contributed by atoms with van der Waals surface area (Å²) in [6.07, 6.45) is 1.85. The van der Waals surface area contributed by atoms with Crippen LogP contribution in [-0.2, 0) is 16.6 Å². The number of nitrogens with zero attached hydrogens (tertiary/aromatic N) is 4. The Balaban J connectivity index is 2.24. The third-order valence-corrected chi connectivity index (χ3v) is 5.83. The third kappa shape index (κ3) is 3.13. The lowest BCUT2D eigenvalue weighted by Gasteiger charge is -2.26. The summed E-state index contributed by atoms with van der Waals surface area (Å²) in [5.41, 5.74) is -0.342. The minimum atomic E-state index is -3.59. The maximum Gasteiger partial charge on any atom is 0.246 e. The highest BCUT2D eigenvalue weighted by atomic mass is 32.2. The van der Waals surface area contributed by atoms with Crippen LogP contribution in [0.4, 0.5) is 0 Å². The average molecular weight is 316 g/mol. The topological polar surface area (TPSA) is 78.7 Å². The zero-order valence-corrected chi connectivity index (χ0v) is 13.9. The number of aliphatic hydroxyl groups is 1. The Hall–Kier alpha value is -0.960. The molecular formula is C13H24N4O3S. The lowest BCUT2D eigenvalue weighted by Crippen LogP contribution is -2.43. The second kappa shape index (κ2) is 5.68. The van der Waals surface area contributed by atoms with Crippen LogP contribution in [0.25, 0.3) is 0 Å². The molecule has 2 rings (SSSR count). The molecule has 0 saturated carbocycles. The van der Waals surface area contributed by atoms with E-state index in [1.54, 1.807) is 11.6 Å². The van der Waals surface area contributed by atoms with E-state index < -0.39 is 15.6 Å². The van der Waals surface area contributed by atoms with Crippen molar-refractivity contribution in [1.82, 2.24) is 19.0 Å². The molecule has 8 heteroatoms. The van der Waals surface area contributed by atoms with E-state index in [4.69, 9.17) is 0 Å². The predicted molar refractivity (Wildman–Crippen MR) is 79.5 cm³/mol. The number of likely N-dealkylation sites (N-methyl/N-ethyl adjacent to an activating group) is 1. The van der Waals surface area contributed by atoms with E-state index in [2.05, 4.69) is 5.10 Å². The molecule has 0 unspecified atom stereocenters. The molecule has 1 N–H and O–H groups in total. The average Bonchev–Trinajstić information content (AvgIpc) is 2.92. The van der Waals surface area contributed by atoms with E-state index in [9.17, 15) is 13.5 Å². The zero-order chi connectivity index (χ0) is 15.8. The van der Waals surface area contributed by atoms with Crippen LogP contribution in [0.5, 0.6) is 0 Å². The summed E-state index contributed by atoms with van der Waals surface area (Å²) in [6.45, 7) is 5.22. The van der Waals surface area contributed by atoms with Gasteiger partial charge in [0.25, 0.3) is 0 Å². The number of rotatable bonds is 5. The van der Waals surface area contributed by atoms with Gasteiger partial charge in [0, 0.05) is 26.2 Å². The Labute approximate surface area is 126 Å². The van der Waals surface area contributed by atoms with Gasteiger partial charge in [0.2, 0.25) is 10.0 Å². The Morgan fingerprint density at radius 2 is 2.14 bits per heavy atom. The first-order valence-corrected chi connectivity index (χ1v) is 8.53. The fourth-order valence-electron chi connectivity index (χ4n) is 2.88. The highest BCUT2D eigenvalue weighted by molar-refractivity contribution is 7.89. The molecule has 0 spiro atoms. The van der Waals surface area contributed by atoms with Crippen molar-refractivity contribution in [2.24, 2.45) is 0 Å². The first-order chi connectivity index (χ1) is 9.69. The highest BCUT2D eigenvalue weighted by Gasteiger charge is 2.42. The van der Waals surface area contributed by atoms with E-state index in [1.165, 1.54) is 10.5 Å². The first-order valence-electron chi connectivity index (χ1n) is 7.09. The maximum atomic E-state index is 12.7. The molecule has 1 aliphatic rings. The molecule has 0 aromatic carbocycles. The van der Waals surface area contributed by atoms with Crippen molar-refractivity contribution in [3.05, 3.63) is 11.9 Å². The molecule has 0 amide bonds. The SMILES string of the molecule is CCn1ncc(S(=O)(=O)N2CC[C@@](O)(CN(C)C)C2)c1C. The molecule has 1 atom stereocenters. The number of aryl methyl sites for hydroxylation is 1. The third-order valence-electron chi connectivity index (χ3n) is 3.88. The molecule has 21 heavy (non-hydrogen) atoms. The molecule has 1 aromatic rings. The van der Waals surface area contributed by atoms with Crippen LogP contribution >= 0.6 is 0 Å². The van der Waals surface area contributed by atoms with E-state index >= 15 is 0 Å². The lowest BCUT2D eigenvalue weighted by molar-refractivity contribution is 0.0302. The van der Waals surface area contributed by atoms with Gasteiger partial charge in [0.05, 0.1) is 17.5 Å². The zero-order valence-electron chi connectivity index (χ0n) is 13.1. The molecule has 1 fully saturated rings. The predicted octanol–water partition coefficient (Wildman–Crippen LogP) is -0.101. The van der Waals surface area contributed by atoms with E-state index in [0.717, 1.165) is 0 Å². The Morgan fingerprint density at radius 1 is 1.48 bits per heavy atom. The van der Waals surface area contributed by atoms with Crippen LogP contribution in [0.1, 0.15) is 19.0 Å². The number of β-amino-alcohol motifs (C(OH)–C–C–N with tert-alkyl or cyclic N) is 1. The highest BCUT2D eigenvalue weighted by Crippen LogP contribution is 2.28. The summed E-state index contributed by atoms with van der Waals surface area (Å²) in [4.78, 5) is 2.11. The Bertz CT molecular complexity index is 611. The van der Waals surface area contributed by atoms with Gasteiger partial charge in [-0.3, -0.25) is 4.68 Å². The van der Waals surface area contributed by atoms with Crippen LogP contribution in [0.15, 0.2) is 11.1 Å². The van der Waals surface area contributed by atoms with Crippen molar-refractivity contribution < 1.29 is 13.5 Å². The van der Waals surface area contributed by atoms with Crippen molar-refractivity contribution in [2.45, 2.75) is 37.3 Å². The van der Waals surface area contributed by atoms with Crippen molar-refractivity contribution in [2.75, 3.05) is 33.7 Å². The lowest BCUT2D eigenvalue weighted by atomic mass is 10.0. The summed E-state index contributed by atoms with van der Waals surface area (Å²) in [5, 5.41) is 14.6. The summed E-state index contributed by atoms with van der Waals surface area (Å²) in [7, 11) is 0.137. The second-order valence-corrected chi connectivity index (χ2v) is 7.87. The Morgan fingerprint density at radius 3 is 2.67 bits per heavy atom. The number of aromatic nitrogens is 2. The molecule has 0 bridgehead atoms. The van der Waals surface area contributed by atoms with Gasteiger partial charge in [-0.1, -0.05) is 0 Å². The van der Waals surface area contributed by atoms with Crippen molar-refractivity contribution in [3.63, 3.8) is 0 Å². The number of hydrogen-bond donors (Lipinski definition) is 1. The fraction of sp³-hybridized carbons (Fsp3) is 0.769. The van der Waals surface area contributed by atoms with Gasteiger partial charge in [-0.15, -0.1) is 0 Å². The van der Waals surface area contributed by atoms with Gasteiger partial charge in [-0.05, 0) is 34.4 Å².